The largest absolute Gasteiger partial charge is 0.305 e. The number of rotatable bonds is 5. The SMILES string of the molecule is Cc1ccncc1C(=O)N(c1ccccc1)C1CCN(C(C)CC#N)CC1. The summed E-state index contributed by atoms with van der Waals surface area (Å²) in [5.41, 5.74) is 2.52. The number of carbonyl (C=O) groups excluding carboxylic acids is 1. The predicted molar refractivity (Wildman–Crippen MR) is 107 cm³/mol. The number of aromatic nitrogens is 1. The molecule has 0 spiro atoms. The van der Waals surface area contributed by atoms with Crippen LogP contribution in [-0.2, 0) is 0 Å². The molecule has 3 rings (SSSR count). The van der Waals surface area contributed by atoms with Gasteiger partial charge >= 0.3 is 0 Å². The zero-order chi connectivity index (χ0) is 19.2. The second kappa shape index (κ2) is 8.79. The molecule has 5 nitrogen and oxygen atoms in total. The molecule has 1 fully saturated rings. The van der Waals surface area contributed by atoms with E-state index in [0.29, 0.717) is 12.0 Å². The van der Waals surface area contributed by atoms with Gasteiger partial charge < -0.3 is 4.90 Å². The third-order valence-corrected chi connectivity index (χ3v) is 5.40. The number of hydrogen-bond donors (Lipinski definition) is 0. The molecule has 0 N–H and O–H groups in total. The van der Waals surface area contributed by atoms with Gasteiger partial charge in [0.15, 0.2) is 0 Å². The van der Waals surface area contributed by atoms with E-state index >= 15 is 0 Å². The summed E-state index contributed by atoms with van der Waals surface area (Å²) in [5, 5.41) is 8.95. The number of piperidine rings is 1. The van der Waals surface area contributed by atoms with Gasteiger partial charge in [0.05, 0.1) is 18.1 Å². The molecule has 1 amide bonds. The molecule has 0 aliphatic carbocycles. The highest BCUT2D eigenvalue weighted by Crippen LogP contribution is 2.27. The standard InChI is InChI=1S/C22H26N4O/c1-17-9-13-24-16-21(17)22(27)26(19-6-4-3-5-7-19)20-10-14-25(15-11-20)18(2)8-12-23/h3-7,9,13,16,18,20H,8,10-11,14-15H2,1-2H3. The summed E-state index contributed by atoms with van der Waals surface area (Å²) in [6.07, 6.45) is 5.72. The number of nitrogens with zero attached hydrogens (tertiary/aromatic N) is 4. The second-order valence-electron chi connectivity index (χ2n) is 7.18. The molecule has 1 aliphatic heterocycles. The van der Waals surface area contributed by atoms with Crippen molar-refractivity contribution in [3.63, 3.8) is 0 Å². The van der Waals surface area contributed by atoms with Gasteiger partial charge in [0.25, 0.3) is 5.91 Å². The smallest absolute Gasteiger partial charge is 0.260 e. The Labute approximate surface area is 161 Å². The van der Waals surface area contributed by atoms with Gasteiger partial charge in [-0.25, -0.2) is 0 Å². The van der Waals surface area contributed by atoms with Gasteiger partial charge in [0, 0.05) is 43.3 Å². The minimum Gasteiger partial charge on any atom is -0.305 e. The van der Waals surface area contributed by atoms with Crippen LogP contribution >= 0.6 is 0 Å². The zero-order valence-electron chi connectivity index (χ0n) is 16.0. The summed E-state index contributed by atoms with van der Waals surface area (Å²) in [6, 6.07) is 14.4. The van der Waals surface area contributed by atoms with Crippen molar-refractivity contribution in [2.24, 2.45) is 0 Å². The molecule has 1 aliphatic rings. The van der Waals surface area contributed by atoms with E-state index in [2.05, 4.69) is 22.9 Å². The molecule has 27 heavy (non-hydrogen) atoms. The van der Waals surface area contributed by atoms with Crippen LogP contribution in [0, 0.1) is 18.3 Å². The van der Waals surface area contributed by atoms with E-state index in [4.69, 9.17) is 5.26 Å². The Kier molecular flexibility index (Phi) is 6.20. The molecule has 1 aromatic carbocycles. The molecule has 0 saturated carbocycles. The Balaban J connectivity index is 1.84. The third-order valence-electron chi connectivity index (χ3n) is 5.40. The van der Waals surface area contributed by atoms with E-state index in [1.165, 1.54) is 0 Å². The highest BCUT2D eigenvalue weighted by atomic mass is 16.2. The van der Waals surface area contributed by atoms with Gasteiger partial charge in [-0.05, 0) is 50.5 Å². The fourth-order valence-electron chi connectivity index (χ4n) is 3.75. The average molecular weight is 362 g/mol. The first kappa shape index (κ1) is 19.1. The number of pyridine rings is 1. The van der Waals surface area contributed by atoms with Gasteiger partial charge in [-0.3, -0.25) is 14.7 Å². The molecule has 5 heteroatoms. The van der Waals surface area contributed by atoms with Crippen LogP contribution in [0.3, 0.4) is 0 Å². The fraction of sp³-hybridized carbons (Fsp3) is 0.409. The molecule has 0 bridgehead atoms. The highest BCUT2D eigenvalue weighted by Gasteiger charge is 2.31. The third kappa shape index (κ3) is 4.35. The molecule has 2 aromatic rings. The van der Waals surface area contributed by atoms with E-state index in [1.807, 2.05) is 48.2 Å². The van der Waals surface area contributed by atoms with Crippen molar-refractivity contribution in [2.45, 2.75) is 45.2 Å². The topological polar surface area (TPSA) is 60.2 Å². The average Bonchev–Trinajstić information content (AvgIpc) is 2.70. The van der Waals surface area contributed by atoms with Gasteiger partial charge in [-0.2, -0.15) is 5.26 Å². The van der Waals surface area contributed by atoms with Gasteiger partial charge in [-0.15, -0.1) is 0 Å². The van der Waals surface area contributed by atoms with E-state index in [9.17, 15) is 4.79 Å². The van der Waals surface area contributed by atoms with Crippen LogP contribution in [0.1, 0.15) is 42.1 Å². The quantitative estimate of drug-likeness (QED) is 0.812. The second-order valence-corrected chi connectivity index (χ2v) is 7.18. The summed E-state index contributed by atoms with van der Waals surface area (Å²) in [7, 11) is 0. The summed E-state index contributed by atoms with van der Waals surface area (Å²) in [4.78, 5) is 21.9. The molecule has 1 unspecified atom stereocenters. The van der Waals surface area contributed by atoms with E-state index in [1.54, 1.807) is 12.4 Å². The summed E-state index contributed by atoms with van der Waals surface area (Å²) < 4.78 is 0. The van der Waals surface area contributed by atoms with E-state index in [0.717, 1.165) is 37.2 Å². The molecule has 1 saturated heterocycles. The van der Waals surface area contributed by atoms with Crippen molar-refractivity contribution in [2.75, 3.05) is 18.0 Å². The molecule has 1 atom stereocenters. The lowest BCUT2D eigenvalue weighted by molar-refractivity contribution is 0.0950. The van der Waals surface area contributed by atoms with Crippen LogP contribution in [0.4, 0.5) is 5.69 Å². The maximum absolute atomic E-state index is 13.4. The first-order chi connectivity index (χ1) is 13.1. The van der Waals surface area contributed by atoms with Crippen LogP contribution in [-0.4, -0.2) is 41.0 Å². The number of nitriles is 1. The fourth-order valence-corrected chi connectivity index (χ4v) is 3.75. The number of hydrogen-bond acceptors (Lipinski definition) is 4. The van der Waals surface area contributed by atoms with Crippen LogP contribution in [0.25, 0.3) is 0 Å². The summed E-state index contributed by atoms with van der Waals surface area (Å²) in [5.74, 6) is 0.00956. The molecular weight excluding hydrogens is 336 g/mol. The molecular formula is C22H26N4O. The Morgan fingerprint density at radius 3 is 2.63 bits per heavy atom. The lowest BCUT2D eigenvalue weighted by atomic mass is 9.98. The number of amides is 1. The Morgan fingerprint density at radius 1 is 1.30 bits per heavy atom. The monoisotopic (exact) mass is 362 g/mol. The normalized spacial score (nSPS) is 16.5. The molecule has 140 valence electrons. The first-order valence-corrected chi connectivity index (χ1v) is 9.52. The number of carbonyl (C=O) groups is 1. The Bertz CT molecular complexity index is 807. The van der Waals surface area contributed by atoms with Crippen molar-refractivity contribution in [3.8, 4) is 6.07 Å². The first-order valence-electron chi connectivity index (χ1n) is 9.52. The Hall–Kier alpha value is -2.71. The minimum absolute atomic E-state index is 0.00956. The van der Waals surface area contributed by atoms with Gasteiger partial charge in [0.1, 0.15) is 0 Å². The van der Waals surface area contributed by atoms with Crippen molar-refractivity contribution >= 4 is 11.6 Å². The number of anilines is 1. The summed E-state index contributed by atoms with van der Waals surface area (Å²) in [6.45, 7) is 5.85. The molecule has 2 heterocycles. The zero-order valence-corrected chi connectivity index (χ0v) is 16.0. The lowest BCUT2D eigenvalue weighted by Crippen LogP contribution is -2.49. The number of likely N-dealkylation sites (tertiary alicyclic amines) is 1. The molecule has 0 radical (unpaired) electrons. The predicted octanol–water partition coefficient (Wildman–Crippen LogP) is 3.80. The van der Waals surface area contributed by atoms with Gasteiger partial charge in [-0.1, -0.05) is 18.2 Å². The minimum atomic E-state index is 0.00956. The highest BCUT2D eigenvalue weighted by molar-refractivity contribution is 6.07. The summed E-state index contributed by atoms with van der Waals surface area (Å²) >= 11 is 0. The molecule has 1 aromatic heterocycles. The number of para-hydroxylation sites is 1. The van der Waals surface area contributed by atoms with Crippen molar-refractivity contribution in [1.82, 2.24) is 9.88 Å². The van der Waals surface area contributed by atoms with Crippen molar-refractivity contribution in [3.05, 3.63) is 59.9 Å². The van der Waals surface area contributed by atoms with Crippen molar-refractivity contribution < 1.29 is 4.79 Å². The maximum atomic E-state index is 13.4. The number of aryl methyl sites for hydroxylation is 1. The van der Waals surface area contributed by atoms with Crippen LogP contribution in [0.2, 0.25) is 0 Å². The van der Waals surface area contributed by atoms with Crippen LogP contribution in [0.5, 0.6) is 0 Å². The van der Waals surface area contributed by atoms with Crippen LogP contribution < -0.4 is 4.90 Å². The Morgan fingerprint density at radius 2 is 2.00 bits per heavy atom. The van der Waals surface area contributed by atoms with E-state index < -0.39 is 0 Å². The van der Waals surface area contributed by atoms with Gasteiger partial charge in [0.2, 0.25) is 0 Å². The lowest BCUT2D eigenvalue weighted by Gasteiger charge is -2.40. The van der Waals surface area contributed by atoms with Crippen molar-refractivity contribution in [1.29, 1.82) is 5.26 Å². The maximum Gasteiger partial charge on any atom is 0.260 e. The number of benzene rings is 1. The van der Waals surface area contributed by atoms with Crippen LogP contribution in [0.15, 0.2) is 48.8 Å². The van der Waals surface area contributed by atoms with E-state index in [-0.39, 0.29) is 18.0 Å².